The molecule has 0 aliphatic heterocycles. The lowest BCUT2D eigenvalue weighted by molar-refractivity contribution is 0.0507. The van der Waals surface area contributed by atoms with Gasteiger partial charge in [0.25, 0.3) is 0 Å². The van der Waals surface area contributed by atoms with Gasteiger partial charge in [0.15, 0.2) is 0 Å². The van der Waals surface area contributed by atoms with Crippen molar-refractivity contribution in [2.75, 3.05) is 0 Å². The van der Waals surface area contributed by atoms with E-state index in [4.69, 9.17) is 9.68 Å². The third-order valence-electron chi connectivity index (χ3n) is 2.93. The Morgan fingerprint density at radius 3 is 1.42 bits per heavy atom. The zero-order chi connectivity index (χ0) is 17.7. The first kappa shape index (κ1) is 17.3. The number of hydrogen-bond donors (Lipinski definition) is 0. The number of benzene rings is 2. The van der Waals surface area contributed by atoms with Crippen LogP contribution in [0.2, 0.25) is 0 Å². The van der Waals surface area contributed by atoms with Gasteiger partial charge in [-0.3, -0.25) is 0 Å². The van der Waals surface area contributed by atoms with Crippen molar-refractivity contribution < 1.29 is 19.3 Å². The van der Waals surface area contributed by atoms with Crippen LogP contribution in [0.1, 0.15) is 48.4 Å². The van der Waals surface area contributed by atoms with Gasteiger partial charge in [0.05, 0.1) is 22.6 Å². The number of oxime groups is 2. The molecular formula is C18H18N2O4. The van der Waals surface area contributed by atoms with Crippen molar-refractivity contribution in [2.24, 2.45) is 10.3 Å². The maximum atomic E-state index is 11.9. The van der Waals surface area contributed by atoms with Gasteiger partial charge in [-0.1, -0.05) is 22.4 Å². The van der Waals surface area contributed by atoms with E-state index < -0.39 is 11.9 Å². The summed E-state index contributed by atoms with van der Waals surface area (Å²) in [5, 5.41) is 8.89. The molecule has 0 aromatic heterocycles. The van der Waals surface area contributed by atoms with Crippen LogP contribution in [0.4, 0.5) is 0 Å². The molecule has 2 rings (SSSR count). The molecule has 2 aromatic rings. The van der Waals surface area contributed by atoms with Gasteiger partial charge in [-0.05, 0) is 62.7 Å². The molecule has 6 heteroatoms. The van der Waals surface area contributed by atoms with Crippen LogP contribution in [-0.4, -0.2) is 23.4 Å². The standard InChI is InChI=1S/C18H18N2O4/c1-11(2)19-23-17(21)15-7-5-14-10-16(8-6-13(14)9-15)18(22)24-20-12(3)4/h5-10H,1-4H3. The molecule has 124 valence electrons. The Kier molecular flexibility index (Phi) is 5.42. The molecule has 0 atom stereocenters. The first-order valence-electron chi connectivity index (χ1n) is 7.35. The highest BCUT2D eigenvalue weighted by atomic mass is 16.7. The largest absolute Gasteiger partial charge is 0.365 e. The van der Waals surface area contributed by atoms with Crippen LogP contribution in [-0.2, 0) is 9.68 Å². The molecule has 0 spiro atoms. The van der Waals surface area contributed by atoms with Crippen molar-refractivity contribution in [1.29, 1.82) is 0 Å². The number of carbonyl (C=O) groups excluding carboxylic acids is 2. The Bertz CT molecular complexity index is 774. The van der Waals surface area contributed by atoms with Gasteiger partial charge in [0.2, 0.25) is 0 Å². The molecule has 0 unspecified atom stereocenters. The number of nitrogens with zero attached hydrogens (tertiary/aromatic N) is 2. The first-order valence-corrected chi connectivity index (χ1v) is 7.35. The molecular weight excluding hydrogens is 308 g/mol. The lowest BCUT2D eigenvalue weighted by atomic mass is 10.0. The maximum Gasteiger partial charge on any atom is 0.365 e. The van der Waals surface area contributed by atoms with Crippen molar-refractivity contribution >= 4 is 34.1 Å². The third-order valence-corrected chi connectivity index (χ3v) is 2.93. The van der Waals surface area contributed by atoms with Crippen molar-refractivity contribution in [1.82, 2.24) is 0 Å². The average molecular weight is 326 g/mol. The predicted octanol–water partition coefficient (Wildman–Crippen LogP) is 3.95. The van der Waals surface area contributed by atoms with Crippen molar-refractivity contribution in [3.63, 3.8) is 0 Å². The normalized spacial score (nSPS) is 10.0. The zero-order valence-electron chi connectivity index (χ0n) is 14.0. The second-order valence-electron chi connectivity index (χ2n) is 5.61. The highest BCUT2D eigenvalue weighted by Crippen LogP contribution is 2.19. The van der Waals surface area contributed by atoms with Gasteiger partial charge in [0, 0.05) is 0 Å². The minimum absolute atomic E-state index is 0.383. The van der Waals surface area contributed by atoms with E-state index in [9.17, 15) is 9.59 Å². The number of hydrogen-bond acceptors (Lipinski definition) is 6. The van der Waals surface area contributed by atoms with Gasteiger partial charge in [-0.15, -0.1) is 0 Å². The summed E-state index contributed by atoms with van der Waals surface area (Å²) in [6.45, 7) is 6.94. The summed E-state index contributed by atoms with van der Waals surface area (Å²) in [5.41, 5.74) is 2.07. The molecule has 0 saturated carbocycles. The molecule has 0 fully saturated rings. The lowest BCUT2D eigenvalue weighted by Gasteiger charge is -2.04. The van der Waals surface area contributed by atoms with Crippen LogP contribution in [0.15, 0.2) is 46.7 Å². The summed E-state index contributed by atoms with van der Waals surface area (Å²) in [4.78, 5) is 33.4. The fraction of sp³-hybridized carbons (Fsp3) is 0.222. The van der Waals surface area contributed by atoms with E-state index in [-0.39, 0.29) is 0 Å². The van der Waals surface area contributed by atoms with Gasteiger partial charge < -0.3 is 9.68 Å². The van der Waals surface area contributed by atoms with Gasteiger partial charge in [-0.2, -0.15) is 0 Å². The second kappa shape index (κ2) is 7.50. The fourth-order valence-electron chi connectivity index (χ4n) is 1.87. The van der Waals surface area contributed by atoms with Crippen LogP contribution in [0.3, 0.4) is 0 Å². The second-order valence-corrected chi connectivity index (χ2v) is 5.61. The topological polar surface area (TPSA) is 77.3 Å². The summed E-state index contributed by atoms with van der Waals surface area (Å²) < 4.78 is 0. The molecule has 2 aromatic carbocycles. The predicted molar refractivity (Wildman–Crippen MR) is 92.3 cm³/mol. The molecule has 0 heterocycles. The van der Waals surface area contributed by atoms with Crippen LogP contribution in [0, 0.1) is 0 Å². The Balaban J connectivity index is 2.25. The van der Waals surface area contributed by atoms with Crippen molar-refractivity contribution in [3.05, 3.63) is 47.5 Å². The molecule has 0 bridgehead atoms. The van der Waals surface area contributed by atoms with Gasteiger partial charge in [-0.25, -0.2) is 9.59 Å². The smallest absolute Gasteiger partial charge is 0.313 e. The van der Waals surface area contributed by atoms with E-state index in [1.54, 1.807) is 64.1 Å². The van der Waals surface area contributed by atoms with Crippen molar-refractivity contribution in [2.45, 2.75) is 27.7 Å². The minimum Gasteiger partial charge on any atom is -0.313 e. The molecule has 0 aliphatic carbocycles. The molecule has 0 radical (unpaired) electrons. The van der Waals surface area contributed by atoms with E-state index in [1.807, 2.05) is 0 Å². The third kappa shape index (κ3) is 4.49. The van der Waals surface area contributed by atoms with Crippen LogP contribution in [0.25, 0.3) is 10.8 Å². The fourth-order valence-corrected chi connectivity index (χ4v) is 1.87. The van der Waals surface area contributed by atoms with Crippen LogP contribution >= 0.6 is 0 Å². The Morgan fingerprint density at radius 1 is 0.708 bits per heavy atom. The highest BCUT2D eigenvalue weighted by molar-refractivity contribution is 5.99. The zero-order valence-corrected chi connectivity index (χ0v) is 14.0. The first-order chi connectivity index (χ1) is 11.4. The lowest BCUT2D eigenvalue weighted by Crippen LogP contribution is -2.03. The number of carbonyl (C=O) groups is 2. The van der Waals surface area contributed by atoms with Crippen LogP contribution in [0.5, 0.6) is 0 Å². The SMILES string of the molecule is CC(C)=NOC(=O)c1ccc2cc(C(=O)ON=C(C)C)ccc2c1. The Hall–Kier alpha value is -3.02. The van der Waals surface area contributed by atoms with Gasteiger partial charge >= 0.3 is 11.9 Å². The molecule has 6 nitrogen and oxygen atoms in total. The minimum atomic E-state index is -0.533. The quantitative estimate of drug-likeness (QED) is 0.484. The van der Waals surface area contributed by atoms with E-state index >= 15 is 0 Å². The molecule has 0 N–H and O–H groups in total. The summed E-state index contributed by atoms with van der Waals surface area (Å²) in [5.74, 6) is -1.07. The van der Waals surface area contributed by atoms with Crippen LogP contribution < -0.4 is 0 Å². The summed E-state index contributed by atoms with van der Waals surface area (Å²) in [6.07, 6.45) is 0. The molecule has 24 heavy (non-hydrogen) atoms. The van der Waals surface area contributed by atoms with E-state index in [1.165, 1.54) is 0 Å². The molecule has 0 saturated heterocycles. The van der Waals surface area contributed by atoms with E-state index in [0.29, 0.717) is 22.6 Å². The van der Waals surface area contributed by atoms with E-state index in [0.717, 1.165) is 10.8 Å². The summed E-state index contributed by atoms with van der Waals surface area (Å²) >= 11 is 0. The van der Waals surface area contributed by atoms with Crippen molar-refractivity contribution in [3.8, 4) is 0 Å². The maximum absolute atomic E-state index is 11.9. The molecule has 0 aliphatic rings. The number of fused-ring (bicyclic) bond motifs is 1. The summed E-state index contributed by atoms with van der Waals surface area (Å²) in [6, 6.07) is 10.1. The number of rotatable bonds is 4. The Morgan fingerprint density at radius 2 is 1.08 bits per heavy atom. The highest BCUT2D eigenvalue weighted by Gasteiger charge is 2.11. The Labute approximate surface area is 139 Å². The van der Waals surface area contributed by atoms with E-state index in [2.05, 4.69) is 10.3 Å². The van der Waals surface area contributed by atoms with Gasteiger partial charge in [0.1, 0.15) is 0 Å². The average Bonchev–Trinajstić information content (AvgIpc) is 2.56. The monoisotopic (exact) mass is 326 g/mol. The summed E-state index contributed by atoms with van der Waals surface area (Å²) in [7, 11) is 0. The molecule has 0 amide bonds.